The first-order valence-corrected chi connectivity index (χ1v) is 11.1. The average Bonchev–Trinajstić information content (AvgIpc) is 2.75. The largest absolute Gasteiger partial charge is 0.416 e. The van der Waals surface area contributed by atoms with Gasteiger partial charge in [-0.15, -0.1) is 12.4 Å². The zero-order chi connectivity index (χ0) is 22.3. The highest BCUT2D eigenvalue weighted by Crippen LogP contribution is 2.35. The number of unbranched alkanes of at least 4 members (excludes halogenated alkanes) is 2. The van der Waals surface area contributed by atoms with Gasteiger partial charge >= 0.3 is 6.18 Å². The number of ether oxygens (including phenoxy) is 1. The fourth-order valence-electron chi connectivity index (χ4n) is 4.46. The Hall–Kier alpha value is -1.63. The zero-order valence-electron chi connectivity index (χ0n) is 18.4. The normalized spacial score (nSPS) is 19.5. The number of hydrogen-bond donors (Lipinski definition) is 0. The first-order chi connectivity index (χ1) is 14.9. The van der Waals surface area contributed by atoms with Crippen molar-refractivity contribution in [3.05, 3.63) is 71.0 Å². The molecule has 1 aliphatic heterocycles. The lowest BCUT2D eigenvalue weighted by Gasteiger charge is -2.39. The molecule has 0 aliphatic carbocycles. The summed E-state index contributed by atoms with van der Waals surface area (Å²) in [5.41, 5.74) is 0.581. The van der Waals surface area contributed by atoms with Crippen LogP contribution >= 0.6 is 12.4 Å². The molecule has 0 N–H and O–H groups in total. The van der Waals surface area contributed by atoms with Crippen molar-refractivity contribution in [1.82, 2.24) is 4.90 Å². The van der Waals surface area contributed by atoms with Gasteiger partial charge in [0.15, 0.2) is 0 Å². The average molecular weight is 474 g/mol. The Morgan fingerprint density at radius 2 is 1.75 bits per heavy atom. The van der Waals surface area contributed by atoms with E-state index in [2.05, 4.69) is 11.8 Å². The van der Waals surface area contributed by atoms with Gasteiger partial charge in [0, 0.05) is 12.5 Å². The molecular weight excluding hydrogens is 442 g/mol. The summed E-state index contributed by atoms with van der Waals surface area (Å²) in [4.78, 5) is 2.42. The lowest BCUT2D eigenvalue weighted by molar-refractivity contribution is -0.139. The molecule has 2 atom stereocenters. The molecule has 0 unspecified atom stereocenters. The summed E-state index contributed by atoms with van der Waals surface area (Å²) in [6.45, 7) is 5.32. The maximum Gasteiger partial charge on any atom is 0.416 e. The molecule has 0 bridgehead atoms. The third-order valence-electron chi connectivity index (χ3n) is 6.11. The number of rotatable bonds is 9. The fraction of sp³-hybridized carbons (Fsp3) is 0.520. The second-order valence-corrected chi connectivity index (χ2v) is 8.38. The van der Waals surface area contributed by atoms with Crippen LogP contribution in [0.4, 0.5) is 17.6 Å². The first-order valence-electron chi connectivity index (χ1n) is 11.1. The minimum absolute atomic E-state index is 0. The van der Waals surface area contributed by atoms with Crippen molar-refractivity contribution in [3.8, 4) is 0 Å². The molecule has 7 heteroatoms. The maximum absolute atomic E-state index is 13.4. The zero-order valence-corrected chi connectivity index (χ0v) is 19.2. The minimum atomic E-state index is -4.39. The molecule has 178 valence electrons. The van der Waals surface area contributed by atoms with E-state index in [0.29, 0.717) is 6.61 Å². The van der Waals surface area contributed by atoms with Crippen LogP contribution in [0, 0.1) is 11.7 Å². The predicted molar refractivity (Wildman–Crippen MR) is 122 cm³/mol. The van der Waals surface area contributed by atoms with E-state index in [4.69, 9.17) is 4.74 Å². The van der Waals surface area contributed by atoms with E-state index in [0.717, 1.165) is 50.5 Å². The Morgan fingerprint density at radius 3 is 2.44 bits per heavy atom. The van der Waals surface area contributed by atoms with Crippen molar-refractivity contribution in [2.24, 2.45) is 5.92 Å². The SMILES string of the molecule is CCCCCN1CC[C@H](c2ccc(F)cc2)[C@@H](COCc2ccccc2C(F)(F)F)C1.Cl. The quantitative estimate of drug-likeness (QED) is 0.285. The number of benzene rings is 2. The second kappa shape index (κ2) is 12.6. The van der Waals surface area contributed by atoms with Gasteiger partial charge in [-0.3, -0.25) is 0 Å². The number of nitrogens with zero attached hydrogens (tertiary/aromatic N) is 1. The molecule has 2 nitrogen and oxygen atoms in total. The third-order valence-corrected chi connectivity index (χ3v) is 6.11. The number of likely N-dealkylation sites (tertiary alicyclic amines) is 1. The Bertz CT molecular complexity index is 812. The Labute approximate surface area is 194 Å². The summed E-state index contributed by atoms with van der Waals surface area (Å²) in [5.74, 6) is 0.0945. The molecule has 2 aromatic carbocycles. The van der Waals surface area contributed by atoms with Crippen LogP contribution < -0.4 is 0 Å². The van der Waals surface area contributed by atoms with Crippen LogP contribution in [0.15, 0.2) is 48.5 Å². The molecule has 2 aromatic rings. The molecule has 0 saturated carbocycles. The highest BCUT2D eigenvalue weighted by molar-refractivity contribution is 5.85. The smallest absolute Gasteiger partial charge is 0.376 e. The fourth-order valence-corrected chi connectivity index (χ4v) is 4.46. The molecule has 32 heavy (non-hydrogen) atoms. The molecule has 0 radical (unpaired) electrons. The molecule has 1 aliphatic rings. The van der Waals surface area contributed by atoms with Crippen LogP contribution in [0.5, 0.6) is 0 Å². The predicted octanol–water partition coefficient (Wildman–Crippen LogP) is 7.08. The Kier molecular flexibility index (Phi) is 10.5. The van der Waals surface area contributed by atoms with Gasteiger partial charge in [0.05, 0.1) is 18.8 Å². The highest BCUT2D eigenvalue weighted by atomic mass is 35.5. The van der Waals surface area contributed by atoms with Crippen molar-refractivity contribution in [2.75, 3.05) is 26.2 Å². The van der Waals surface area contributed by atoms with Gasteiger partial charge in [-0.2, -0.15) is 13.2 Å². The molecule has 1 heterocycles. The van der Waals surface area contributed by atoms with E-state index in [1.807, 2.05) is 12.1 Å². The van der Waals surface area contributed by atoms with Crippen molar-refractivity contribution in [2.45, 2.75) is 51.3 Å². The summed E-state index contributed by atoms with van der Waals surface area (Å²) in [6.07, 6.45) is 0.0389. The molecule has 1 fully saturated rings. The van der Waals surface area contributed by atoms with Gasteiger partial charge in [0.2, 0.25) is 0 Å². The lowest BCUT2D eigenvalue weighted by Crippen LogP contribution is -2.41. The number of piperidine rings is 1. The lowest BCUT2D eigenvalue weighted by atomic mass is 9.80. The van der Waals surface area contributed by atoms with E-state index in [-0.39, 0.29) is 42.2 Å². The van der Waals surface area contributed by atoms with E-state index in [1.165, 1.54) is 30.7 Å². The van der Waals surface area contributed by atoms with Crippen molar-refractivity contribution < 1.29 is 22.3 Å². The van der Waals surface area contributed by atoms with Gasteiger partial charge in [-0.05, 0) is 61.2 Å². The van der Waals surface area contributed by atoms with Gasteiger partial charge in [0.1, 0.15) is 5.82 Å². The standard InChI is InChI=1S/C25H31F4NO.ClH/c1-2-3-6-14-30-15-13-23(19-9-11-22(26)12-10-19)21(16-30)18-31-17-20-7-4-5-8-24(20)25(27,28)29;/h4-5,7-12,21,23H,2-3,6,13-18H2,1H3;1H/t21-,23-;/m1./s1. The molecule has 0 spiro atoms. The van der Waals surface area contributed by atoms with Gasteiger partial charge in [0.25, 0.3) is 0 Å². The topological polar surface area (TPSA) is 12.5 Å². The highest BCUT2D eigenvalue weighted by Gasteiger charge is 2.33. The number of halogens is 5. The summed E-state index contributed by atoms with van der Waals surface area (Å²) in [7, 11) is 0. The van der Waals surface area contributed by atoms with E-state index < -0.39 is 11.7 Å². The van der Waals surface area contributed by atoms with Gasteiger partial charge in [-0.25, -0.2) is 4.39 Å². The summed E-state index contributed by atoms with van der Waals surface area (Å²) in [6, 6.07) is 12.1. The van der Waals surface area contributed by atoms with Crippen LogP contribution in [0.25, 0.3) is 0 Å². The van der Waals surface area contributed by atoms with E-state index >= 15 is 0 Å². The molecule has 0 amide bonds. The molecule has 3 rings (SSSR count). The Balaban J connectivity index is 0.00000363. The second-order valence-electron chi connectivity index (χ2n) is 8.38. The van der Waals surface area contributed by atoms with Crippen LogP contribution in [0.1, 0.15) is 55.2 Å². The first kappa shape index (κ1) is 26.6. The number of hydrogen-bond acceptors (Lipinski definition) is 2. The van der Waals surface area contributed by atoms with Crippen LogP contribution in [0.2, 0.25) is 0 Å². The molecular formula is C25H32ClF4NO. The van der Waals surface area contributed by atoms with Crippen LogP contribution in [0.3, 0.4) is 0 Å². The monoisotopic (exact) mass is 473 g/mol. The van der Waals surface area contributed by atoms with Crippen LogP contribution in [-0.2, 0) is 17.5 Å². The van der Waals surface area contributed by atoms with Gasteiger partial charge in [-0.1, -0.05) is 50.1 Å². The number of alkyl halides is 3. The van der Waals surface area contributed by atoms with Crippen molar-refractivity contribution >= 4 is 12.4 Å². The van der Waals surface area contributed by atoms with Crippen LogP contribution in [-0.4, -0.2) is 31.1 Å². The minimum Gasteiger partial charge on any atom is -0.376 e. The summed E-state index contributed by atoms with van der Waals surface area (Å²) in [5, 5.41) is 0. The van der Waals surface area contributed by atoms with Crippen molar-refractivity contribution in [3.63, 3.8) is 0 Å². The summed E-state index contributed by atoms with van der Waals surface area (Å²) < 4.78 is 59.0. The summed E-state index contributed by atoms with van der Waals surface area (Å²) >= 11 is 0. The van der Waals surface area contributed by atoms with Gasteiger partial charge < -0.3 is 9.64 Å². The van der Waals surface area contributed by atoms with E-state index in [9.17, 15) is 17.6 Å². The van der Waals surface area contributed by atoms with Crippen molar-refractivity contribution in [1.29, 1.82) is 0 Å². The third kappa shape index (κ3) is 7.46. The molecule has 0 aromatic heterocycles. The van der Waals surface area contributed by atoms with E-state index in [1.54, 1.807) is 6.07 Å². The molecule has 1 saturated heterocycles. The Morgan fingerprint density at radius 1 is 1.03 bits per heavy atom. The maximum atomic E-state index is 13.4.